The Balaban J connectivity index is 1.78. The van der Waals surface area contributed by atoms with Crippen LogP contribution in [0.15, 0.2) is 110 Å². The smallest absolute Gasteiger partial charge is 0.0479 e. The summed E-state index contributed by atoms with van der Waals surface area (Å²) in [5, 5.41) is 0.731. The maximum absolute atomic E-state index is 6.48. The number of hydrogen-bond donors (Lipinski definition) is 0. The molecule has 0 heterocycles. The van der Waals surface area contributed by atoms with Gasteiger partial charge in [-0.15, -0.1) is 0 Å². The van der Waals surface area contributed by atoms with Crippen LogP contribution >= 0.6 is 11.6 Å². The lowest BCUT2D eigenvalue weighted by molar-refractivity contribution is 1.25. The molecule has 1 nitrogen and oxygen atoms in total. The molecule has 2 heteroatoms. The van der Waals surface area contributed by atoms with Gasteiger partial charge in [0.15, 0.2) is 0 Å². The van der Waals surface area contributed by atoms with Crippen LogP contribution in [0.5, 0.6) is 0 Å². The maximum Gasteiger partial charge on any atom is 0.0479 e. The van der Waals surface area contributed by atoms with Crippen LogP contribution in [0.1, 0.15) is 30.0 Å². The molecule has 0 aromatic heterocycles. The van der Waals surface area contributed by atoms with Crippen molar-refractivity contribution in [3.63, 3.8) is 0 Å². The monoisotopic (exact) mass is 463 g/mol. The zero-order chi connectivity index (χ0) is 24.1. The van der Waals surface area contributed by atoms with Crippen LogP contribution < -0.4 is 4.90 Å². The van der Waals surface area contributed by atoms with Crippen molar-refractivity contribution in [1.82, 2.24) is 0 Å². The highest BCUT2D eigenvalue weighted by Gasteiger charge is 2.15. The molecule has 4 aromatic rings. The fraction of sp³-hybridized carbons (Fsp3) is 0.125. The molecule has 0 unspecified atom stereocenters. The van der Waals surface area contributed by atoms with Gasteiger partial charge < -0.3 is 4.90 Å². The first kappa shape index (κ1) is 23.6. The second-order valence-electron chi connectivity index (χ2n) is 8.61. The summed E-state index contributed by atoms with van der Waals surface area (Å²) >= 11 is 6.48. The highest BCUT2D eigenvalue weighted by molar-refractivity contribution is 6.31. The molecule has 0 saturated heterocycles. The summed E-state index contributed by atoms with van der Waals surface area (Å²) in [6, 6.07) is 31.9. The van der Waals surface area contributed by atoms with Crippen molar-refractivity contribution in [2.75, 3.05) is 4.90 Å². The van der Waals surface area contributed by atoms with E-state index in [2.05, 4.69) is 110 Å². The van der Waals surface area contributed by atoms with Gasteiger partial charge in [0.1, 0.15) is 0 Å². The molecule has 0 amide bonds. The van der Waals surface area contributed by atoms with Crippen molar-refractivity contribution >= 4 is 34.2 Å². The zero-order valence-corrected chi connectivity index (χ0v) is 20.8. The highest BCUT2D eigenvalue weighted by Crippen LogP contribution is 2.38. The maximum atomic E-state index is 6.48. The lowest BCUT2D eigenvalue weighted by Crippen LogP contribution is -2.10. The minimum atomic E-state index is 0.731. The summed E-state index contributed by atoms with van der Waals surface area (Å²) in [4.78, 5) is 2.26. The number of benzene rings is 4. The second-order valence-corrected chi connectivity index (χ2v) is 9.05. The summed E-state index contributed by atoms with van der Waals surface area (Å²) in [5.74, 6) is 0. The van der Waals surface area contributed by atoms with E-state index in [9.17, 15) is 0 Å². The SMILES string of the molecule is C=C(C/C=C\C)c1ccc(N(c2ccc(-c3ccccc3)cc2)c2cc(C)cc(Cl)c2)cc1C. The number of anilines is 3. The van der Waals surface area contributed by atoms with E-state index >= 15 is 0 Å². The lowest BCUT2D eigenvalue weighted by Gasteiger charge is -2.27. The van der Waals surface area contributed by atoms with Crippen LogP contribution in [0.4, 0.5) is 17.1 Å². The van der Waals surface area contributed by atoms with Gasteiger partial charge in [0.25, 0.3) is 0 Å². The van der Waals surface area contributed by atoms with Crippen molar-refractivity contribution in [3.8, 4) is 11.1 Å². The Labute approximate surface area is 208 Å². The number of aryl methyl sites for hydroxylation is 2. The molecular formula is C32H30ClN. The number of hydrogen-bond acceptors (Lipinski definition) is 1. The molecule has 0 aliphatic rings. The molecule has 0 atom stereocenters. The summed E-state index contributed by atoms with van der Waals surface area (Å²) in [6.07, 6.45) is 5.07. The van der Waals surface area contributed by atoms with E-state index in [1.165, 1.54) is 22.3 Å². The van der Waals surface area contributed by atoms with Gasteiger partial charge in [-0.1, -0.05) is 78.9 Å². The molecular weight excluding hydrogens is 434 g/mol. The third-order valence-corrected chi connectivity index (χ3v) is 6.18. The molecule has 4 rings (SSSR count). The Bertz CT molecular complexity index is 1300. The van der Waals surface area contributed by atoms with Crippen LogP contribution in [-0.4, -0.2) is 0 Å². The zero-order valence-electron chi connectivity index (χ0n) is 20.1. The summed E-state index contributed by atoms with van der Waals surface area (Å²) < 4.78 is 0. The van der Waals surface area contributed by atoms with Crippen LogP contribution in [0.2, 0.25) is 5.02 Å². The quantitative estimate of drug-likeness (QED) is 0.246. The molecule has 0 bridgehead atoms. The summed E-state index contributed by atoms with van der Waals surface area (Å²) in [6.45, 7) is 10.6. The van der Waals surface area contributed by atoms with Gasteiger partial charge in [0.2, 0.25) is 0 Å². The Hall–Kier alpha value is -3.55. The van der Waals surface area contributed by atoms with Gasteiger partial charge in [-0.25, -0.2) is 0 Å². The second kappa shape index (κ2) is 10.6. The molecule has 0 aliphatic carbocycles. The molecule has 170 valence electrons. The normalized spacial score (nSPS) is 11.1. The standard InChI is InChI=1S/C32H30ClN/c1-5-6-10-24(3)32-18-17-30(21-25(32)4)34(31-20-23(2)19-28(33)22-31)29-15-13-27(14-16-29)26-11-8-7-9-12-26/h5-9,11-22H,3,10H2,1-2,4H3/b6-5-. The van der Waals surface area contributed by atoms with Gasteiger partial charge in [-0.2, -0.15) is 0 Å². The first-order chi connectivity index (χ1) is 16.5. The third kappa shape index (κ3) is 5.32. The molecule has 0 fully saturated rings. The van der Waals surface area contributed by atoms with Crippen molar-refractivity contribution < 1.29 is 0 Å². The fourth-order valence-corrected chi connectivity index (χ4v) is 4.56. The predicted molar refractivity (Wildman–Crippen MR) is 150 cm³/mol. The van der Waals surface area contributed by atoms with Crippen LogP contribution in [-0.2, 0) is 0 Å². The Kier molecular flexibility index (Phi) is 7.35. The van der Waals surface area contributed by atoms with Crippen molar-refractivity contribution in [2.45, 2.75) is 27.2 Å². The molecule has 0 N–H and O–H groups in total. The average Bonchev–Trinajstić information content (AvgIpc) is 2.83. The topological polar surface area (TPSA) is 3.24 Å². The first-order valence-electron chi connectivity index (χ1n) is 11.6. The van der Waals surface area contributed by atoms with Crippen LogP contribution in [0.25, 0.3) is 16.7 Å². The number of rotatable bonds is 7. The summed E-state index contributed by atoms with van der Waals surface area (Å²) in [5.41, 5.74) is 10.3. The minimum Gasteiger partial charge on any atom is -0.310 e. The lowest BCUT2D eigenvalue weighted by atomic mass is 9.98. The molecule has 0 spiro atoms. The van der Waals surface area contributed by atoms with Crippen LogP contribution in [0.3, 0.4) is 0 Å². The number of nitrogens with zero attached hydrogens (tertiary/aromatic N) is 1. The molecule has 0 saturated carbocycles. The molecule has 4 aromatic carbocycles. The Morgan fingerprint density at radius 2 is 1.47 bits per heavy atom. The van der Waals surface area contributed by atoms with E-state index in [1.807, 2.05) is 25.1 Å². The van der Waals surface area contributed by atoms with E-state index in [1.54, 1.807) is 0 Å². The number of allylic oxidation sites excluding steroid dienone is 3. The highest BCUT2D eigenvalue weighted by atomic mass is 35.5. The van der Waals surface area contributed by atoms with Crippen molar-refractivity contribution in [2.24, 2.45) is 0 Å². The van der Waals surface area contributed by atoms with E-state index in [0.29, 0.717) is 0 Å². The average molecular weight is 464 g/mol. The Morgan fingerprint density at radius 3 is 2.12 bits per heavy atom. The van der Waals surface area contributed by atoms with Gasteiger partial charge >= 0.3 is 0 Å². The van der Waals surface area contributed by atoms with E-state index in [0.717, 1.165) is 39.6 Å². The van der Waals surface area contributed by atoms with Crippen molar-refractivity contribution in [1.29, 1.82) is 0 Å². The first-order valence-corrected chi connectivity index (χ1v) is 12.0. The van der Waals surface area contributed by atoms with Crippen LogP contribution in [0, 0.1) is 13.8 Å². The van der Waals surface area contributed by atoms with Crippen molar-refractivity contribution in [3.05, 3.63) is 131 Å². The van der Waals surface area contributed by atoms with Gasteiger partial charge in [-0.05, 0) is 103 Å². The Morgan fingerprint density at radius 1 is 0.794 bits per heavy atom. The predicted octanol–water partition coefficient (Wildman–Crippen LogP) is 10.1. The van der Waals surface area contributed by atoms with Gasteiger partial charge in [-0.3, -0.25) is 0 Å². The minimum absolute atomic E-state index is 0.731. The molecule has 0 aliphatic heterocycles. The molecule has 34 heavy (non-hydrogen) atoms. The fourth-order valence-electron chi connectivity index (χ4n) is 4.28. The number of halogens is 1. The summed E-state index contributed by atoms with van der Waals surface area (Å²) in [7, 11) is 0. The third-order valence-electron chi connectivity index (χ3n) is 5.97. The molecule has 0 radical (unpaired) electrons. The van der Waals surface area contributed by atoms with E-state index < -0.39 is 0 Å². The van der Waals surface area contributed by atoms with E-state index in [4.69, 9.17) is 11.6 Å². The largest absolute Gasteiger partial charge is 0.310 e. The van der Waals surface area contributed by atoms with E-state index in [-0.39, 0.29) is 0 Å². The van der Waals surface area contributed by atoms with Gasteiger partial charge in [0, 0.05) is 22.1 Å². The van der Waals surface area contributed by atoms with Gasteiger partial charge in [0.05, 0.1) is 0 Å².